The quantitative estimate of drug-likeness (QED) is 0.725. The topological polar surface area (TPSA) is 66.0 Å². The Hall–Kier alpha value is -3.45. The molecule has 0 saturated heterocycles. The molecule has 0 saturated carbocycles. The Labute approximate surface area is 148 Å². The van der Waals surface area contributed by atoms with Crippen LogP contribution in [-0.2, 0) is 12.8 Å². The Morgan fingerprint density at radius 2 is 1.81 bits per heavy atom. The molecule has 0 aromatic heterocycles. The zero-order chi connectivity index (χ0) is 19.2. The van der Waals surface area contributed by atoms with E-state index in [0.29, 0.717) is 22.6 Å². The lowest BCUT2D eigenvalue weighted by molar-refractivity contribution is -0.137. The number of rotatable bonds is 5. The summed E-state index contributed by atoms with van der Waals surface area (Å²) in [6.07, 6.45) is -3.03. The van der Waals surface area contributed by atoms with Gasteiger partial charge in [-0.15, -0.1) is 0 Å². The number of methoxy groups -OCH3 is 1. The summed E-state index contributed by atoms with van der Waals surface area (Å²) < 4.78 is 49.0. The van der Waals surface area contributed by atoms with Crippen LogP contribution in [0.3, 0.4) is 0 Å². The molecule has 0 spiro atoms. The summed E-state index contributed by atoms with van der Waals surface area (Å²) in [6, 6.07) is 13.1. The van der Waals surface area contributed by atoms with Crippen LogP contribution in [0.15, 0.2) is 48.0 Å². The van der Waals surface area contributed by atoms with Crippen molar-refractivity contribution in [3.05, 3.63) is 64.7 Å². The summed E-state index contributed by atoms with van der Waals surface area (Å²) >= 11 is 0. The lowest BCUT2D eigenvalue weighted by atomic mass is 10.1. The summed E-state index contributed by atoms with van der Waals surface area (Å²) in [6.45, 7) is -0.0723. The van der Waals surface area contributed by atoms with Crippen LogP contribution in [0.1, 0.15) is 16.7 Å². The number of benzene rings is 2. The van der Waals surface area contributed by atoms with Crippen molar-refractivity contribution in [1.82, 2.24) is 0 Å². The minimum atomic E-state index is -4.42. The second kappa shape index (κ2) is 8.09. The SMILES string of the molecule is COc1cc(C=C(C#N)C#N)ccc1OCc1cccc(C(F)(F)F)c1. The van der Waals surface area contributed by atoms with Gasteiger partial charge in [0.1, 0.15) is 24.3 Å². The smallest absolute Gasteiger partial charge is 0.416 e. The van der Waals surface area contributed by atoms with E-state index in [-0.39, 0.29) is 12.2 Å². The average Bonchev–Trinajstić information content (AvgIpc) is 2.64. The lowest BCUT2D eigenvalue weighted by Crippen LogP contribution is -2.06. The van der Waals surface area contributed by atoms with Crippen molar-refractivity contribution in [3.63, 3.8) is 0 Å². The number of nitrogens with zero attached hydrogens (tertiary/aromatic N) is 2. The highest BCUT2D eigenvalue weighted by Crippen LogP contribution is 2.31. The van der Waals surface area contributed by atoms with E-state index in [2.05, 4.69) is 0 Å². The van der Waals surface area contributed by atoms with Crippen LogP contribution in [0.4, 0.5) is 13.2 Å². The fraction of sp³-hybridized carbons (Fsp3) is 0.158. The zero-order valence-corrected chi connectivity index (χ0v) is 13.7. The van der Waals surface area contributed by atoms with Crippen molar-refractivity contribution in [2.24, 2.45) is 0 Å². The first-order valence-electron chi connectivity index (χ1n) is 7.36. The van der Waals surface area contributed by atoms with E-state index < -0.39 is 11.7 Å². The van der Waals surface area contributed by atoms with Crippen molar-refractivity contribution in [2.75, 3.05) is 7.11 Å². The molecule has 0 unspecified atom stereocenters. The van der Waals surface area contributed by atoms with Gasteiger partial charge in [-0.3, -0.25) is 0 Å². The van der Waals surface area contributed by atoms with Gasteiger partial charge in [0.05, 0.1) is 12.7 Å². The maximum absolute atomic E-state index is 12.7. The third-order valence-electron chi connectivity index (χ3n) is 3.39. The Bertz CT molecular complexity index is 890. The Balaban J connectivity index is 2.19. The summed E-state index contributed by atoms with van der Waals surface area (Å²) in [7, 11) is 1.41. The average molecular weight is 358 g/mol. The number of allylic oxidation sites excluding steroid dienone is 1. The van der Waals surface area contributed by atoms with Crippen molar-refractivity contribution < 1.29 is 22.6 Å². The third-order valence-corrected chi connectivity index (χ3v) is 3.39. The van der Waals surface area contributed by atoms with Crippen molar-refractivity contribution in [2.45, 2.75) is 12.8 Å². The molecule has 0 aliphatic carbocycles. The molecule has 0 amide bonds. The number of halogens is 3. The van der Waals surface area contributed by atoms with Crippen molar-refractivity contribution in [3.8, 4) is 23.6 Å². The van der Waals surface area contributed by atoms with Gasteiger partial charge < -0.3 is 9.47 Å². The first-order valence-corrected chi connectivity index (χ1v) is 7.36. The predicted octanol–water partition coefficient (Wildman–Crippen LogP) is 4.72. The molecule has 0 aliphatic heterocycles. The van der Waals surface area contributed by atoms with Crippen molar-refractivity contribution >= 4 is 6.08 Å². The fourth-order valence-electron chi connectivity index (χ4n) is 2.15. The highest BCUT2D eigenvalue weighted by molar-refractivity contribution is 5.64. The predicted molar refractivity (Wildman–Crippen MR) is 88.0 cm³/mol. The molecule has 2 aromatic carbocycles. The monoisotopic (exact) mass is 358 g/mol. The van der Waals surface area contributed by atoms with Crippen LogP contribution in [-0.4, -0.2) is 7.11 Å². The number of hydrogen-bond donors (Lipinski definition) is 0. The standard InChI is InChI=1S/C19H13F3N2O2/c1-25-18-9-13(7-15(10-23)11-24)5-6-17(18)26-12-14-3-2-4-16(8-14)19(20,21)22/h2-9H,12H2,1H3. The normalized spacial score (nSPS) is 10.4. The van der Waals surface area contributed by atoms with E-state index in [0.717, 1.165) is 12.1 Å². The maximum atomic E-state index is 12.7. The first kappa shape index (κ1) is 18.9. The van der Waals surface area contributed by atoms with Crippen LogP contribution in [0, 0.1) is 22.7 Å². The molecule has 0 fully saturated rings. The van der Waals surface area contributed by atoms with Crippen LogP contribution < -0.4 is 9.47 Å². The van der Waals surface area contributed by atoms with E-state index in [4.69, 9.17) is 20.0 Å². The minimum absolute atomic E-state index is 0.0651. The maximum Gasteiger partial charge on any atom is 0.416 e. The van der Waals surface area contributed by atoms with E-state index in [1.807, 2.05) is 0 Å². The molecule has 2 aromatic rings. The Morgan fingerprint density at radius 1 is 1.08 bits per heavy atom. The van der Waals surface area contributed by atoms with E-state index >= 15 is 0 Å². The van der Waals surface area contributed by atoms with Gasteiger partial charge in [0.2, 0.25) is 0 Å². The largest absolute Gasteiger partial charge is 0.493 e. The molecule has 0 N–H and O–H groups in total. The van der Waals surface area contributed by atoms with Gasteiger partial charge in [0.25, 0.3) is 0 Å². The zero-order valence-electron chi connectivity index (χ0n) is 13.7. The highest BCUT2D eigenvalue weighted by atomic mass is 19.4. The van der Waals surface area contributed by atoms with Crippen LogP contribution in [0.25, 0.3) is 6.08 Å². The molecule has 132 valence electrons. The fourth-order valence-corrected chi connectivity index (χ4v) is 2.15. The second-order valence-corrected chi connectivity index (χ2v) is 5.18. The lowest BCUT2D eigenvalue weighted by Gasteiger charge is -2.13. The van der Waals surface area contributed by atoms with Gasteiger partial charge in [-0.05, 0) is 41.5 Å². The summed E-state index contributed by atoms with van der Waals surface area (Å²) in [5.74, 6) is 0.665. The molecule has 0 bridgehead atoms. The molecular formula is C19H13F3N2O2. The van der Waals surface area contributed by atoms with E-state index in [1.165, 1.54) is 25.3 Å². The molecule has 26 heavy (non-hydrogen) atoms. The highest BCUT2D eigenvalue weighted by Gasteiger charge is 2.30. The van der Waals surface area contributed by atoms with Gasteiger partial charge in [0, 0.05) is 0 Å². The summed E-state index contributed by atoms with van der Waals surface area (Å²) in [5, 5.41) is 17.6. The molecule has 0 aliphatic rings. The molecule has 0 heterocycles. The van der Waals surface area contributed by atoms with E-state index in [1.54, 1.807) is 30.3 Å². The minimum Gasteiger partial charge on any atom is -0.493 e. The van der Waals surface area contributed by atoms with Gasteiger partial charge in [-0.1, -0.05) is 18.2 Å². The molecular weight excluding hydrogens is 345 g/mol. The number of nitriles is 2. The van der Waals surface area contributed by atoms with Crippen LogP contribution >= 0.6 is 0 Å². The molecule has 7 heteroatoms. The Morgan fingerprint density at radius 3 is 2.42 bits per heavy atom. The van der Waals surface area contributed by atoms with Gasteiger partial charge in [-0.25, -0.2) is 0 Å². The summed E-state index contributed by atoms with van der Waals surface area (Å²) in [4.78, 5) is 0. The van der Waals surface area contributed by atoms with Crippen LogP contribution in [0.2, 0.25) is 0 Å². The number of alkyl halides is 3. The first-order chi connectivity index (χ1) is 12.4. The molecule has 0 atom stereocenters. The van der Waals surface area contributed by atoms with Crippen LogP contribution in [0.5, 0.6) is 11.5 Å². The second-order valence-electron chi connectivity index (χ2n) is 5.18. The van der Waals surface area contributed by atoms with E-state index in [9.17, 15) is 13.2 Å². The van der Waals surface area contributed by atoms with Gasteiger partial charge in [-0.2, -0.15) is 23.7 Å². The Kier molecular flexibility index (Phi) is 5.87. The molecule has 2 rings (SSSR count). The molecule has 0 radical (unpaired) electrons. The third kappa shape index (κ3) is 4.78. The number of hydrogen-bond acceptors (Lipinski definition) is 4. The van der Waals surface area contributed by atoms with Gasteiger partial charge in [0.15, 0.2) is 11.5 Å². The van der Waals surface area contributed by atoms with Gasteiger partial charge >= 0.3 is 6.18 Å². The van der Waals surface area contributed by atoms with Crippen molar-refractivity contribution in [1.29, 1.82) is 10.5 Å². The molecule has 4 nitrogen and oxygen atoms in total. The summed E-state index contributed by atoms with van der Waals surface area (Å²) in [5.41, 5.74) is 0.116. The number of ether oxygens (including phenoxy) is 2.